The van der Waals surface area contributed by atoms with E-state index in [-0.39, 0.29) is 0 Å². The quantitative estimate of drug-likeness (QED) is 0.783. The number of anilines is 2. The number of benzene rings is 2. The Bertz CT molecular complexity index is 803. The molecule has 2 N–H and O–H groups in total. The maximum Gasteiger partial charge on any atom is 0.239 e. The molecule has 5 nitrogen and oxygen atoms in total. The van der Waals surface area contributed by atoms with Crippen molar-refractivity contribution in [3.8, 4) is 5.75 Å². The number of rotatable bonds is 5. The molecule has 6 heteroatoms. The summed E-state index contributed by atoms with van der Waals surface area (Å²) in [6.45, 7) is 5.03. The second kappa shape index (κ2) is 7.57. The number of carbonyl (C=O) groups is 2. The van der Waals surface area contributed by atoms with Crippen LogP contribution in [0.3, 0.4) is 0 Å². The Morgan fingerprint density at radius 2 is 1.72 bits per heavy atom. The van der Waals surface area contributed by atoms with Gasteiger partial charge in [0, 0.05) is 10.7 Å². The molecule has 0 aliphatic carbocycles. The van der Waals surface area contributed by atoms with Crippen molar-refractivity contribution in [1.29, 1.82) is 0 Å². The summed E-state index contributed by atoms with van der Waals surface area (Å²) >= 11 is 5.92. The maximum absolute atomic E-state index is 12.7. The molecule has 0 heterocycles. The summed E-state index contributed by atoms with van der Waals surface area (Å²) in [7, 11) is 1.53. The van der Waals surface area contributed by atoms with Gasteiger partial charge < -0.3 is 15.4 Å². The molecular weight excluding hydrogens is 340 g/mol. The first-order valence-electron chi connectivity index (χ1n) is 7.77. The van der Waals surface area contributed by atoms with Gasteiger partial charge in [0.25, 0.3) is 0 Å². The summed E-state index contributed by atoms with van der Waals surface area (Å²) in [5.41, 5.74) is 0.733. The van der Waals surface area contributed by atoms with Gasteiger partial charge in [0.1, 0.15) is 11.2 Å². The standard InChI is InChI=1S/C19H21ClN2O3/c1-12-8-9-16(25-4)15(10-12)22-18(24)19(2,3)17(23)21-14-7-5-6-13(20)11-14/h5-11H,1-4H3,(H,21,23)(H,22,24). The molecule has 2 rings (SSSR count). The molecule has 0 fully saturated rings. The first-order chi connectivity index (χ1) is 11.7. The summed E-state index contributed by atoms with van der Waals surface area (Å²) in [4.78, 5) is 25.2. The third-order valence-electron chi connectivity index (χ3n) is 3.82. The molecule has 132 valence electrons. The van der Waals surface area contributed by atoms with Gasteiger partial charge in [-0.05, 0) is 56.7 Å². The Hall–Kier alpha value is -2.53. The fraction of sp³-hybridized carbons (Fsp3) is 0.263. The average molecular weight is 361 g/mol. The van der Waals surface area contributed by atoms with E-state index >= 15 is 0 Å². The Morgan fingerprint density at radius 1 is 1.04 bits per heavy atom. The van der Waals surface area contributed by atoms with Gasteiger partial charge in [0.15, 0.2) is 0 Å². The van der Waals surface area contributed by atoms with Crippen molar-refractivity contribution in [3.05, 3.63) is 53.1 Å². The number of amides is 2. The molecule has 0 atom stereocenters. The van der Waals surface area contributed by atoms with E-state index in [1.165, 1.54) is 7.11 Å². The molecule has 0 unspecified atom stereocenters. The zero-order valence-corrected chi connectivity index (χ0v) is 15.4. The van der Waals surface area contributed by atoms with Crippen molar-refractivity contribution in [2.45, 2.75) is 20.8 Å². The summed E-state index contributed by atoms with van der Waals surface area (Å²) < 4.78 is 5.25. The van der Waals surface area contributed by atoms with Crippen LogP contribution in [-0.2, 0) is 9.59 Å². The second-order valence-electron chi connectivity index (χ2n) is 6.25. The number of hydrogen-bond donors (Lipinski definition) is 2. The van der Waals surface area contributed by atoms with E-state index in [0.717, 1.165) is 5.56 Å². The van der Waals surface area contributed by atoms with Crippen LogP contribution in [0.2, 0.25) is 5.02 Å². The van der Waals surface area contributed by atoms with E-state index in [4.69, 9.17) is 16.3 Å². The number of carbonyl (C=O) groups excluding carboxylic acids is 2. The van der Waals surface area contributed by atoms with Crippen molar-refractivity contribution in [3.63, 3.8) is 0 Å². The first kappa shape index (κ1) is 18.8. The van der Waals surface area contributed by atoms with E-state index in [1.54, 1.807) is 50.2 Å². The first-order valence-corrected chi connectivity index (χ1v) is 8.15. The van der Waals surface area contributed by atoms with E-state index in [9.17, 15) is 9.59 Å². The van der Waals surface area contributed by atoms with Crippen LogP contribution in [0, 0.1) is 12.3 Å². The summed E-state index contributed by atoms with van der Waals surface area (Å²) in [6, 6.07) is 12.2. The van der Waals surface area contributed by atoms with Gasteiger partial charge in [-0.1, -0.05) is 23.7 Å². The zero-order valence-electron chi connectivity index (χ0n) is 14.6. The molecule has 0 aliphatic heterocycles. The Balaban J connectivity index is 2.16. The molecule has 0 spiro atoms. The summed E-state index contributed by atoms with van der Waals surface area (Å²) in [5.74, 6) is -0.334. The van der Waals surface area contributed by atoms with Gasteiger partial charge >= 0.3 is 0 Å². The SMILES string of the molecule is COc1ccc(C)cc1NC(=O)C(C)(C)C(=O)Nc1cccc(Cl)c1. The van der Waals surface area contributed by atoms with Gasteiger partial charge in [-0.2, -0.15) is 0 Å². The molecule has 2 aromatic carbocycles. The van der Waals surface area contributed by atoms with E-state index in [0.29, 0.717) is 22.1 Å². The predicted octanol–water partition coefficient (Wildman–Crippen LogP) is 4.26. The van der Waals surface area contributed by atoms with Crippen LogP contribution >= 0.6 is 11.6 Å². The van der Waals surface area contributed by atoms with Crippen LogP contribution in [0.1, 0.15) is 19.4 Å². The Labute approximate surface area is 152 Å². The lowest BCUT2D eigenvalue weighted by Gasteiger charge is -2.23. The third-order valence-corrected chi connectivity index (χ3v) is 4.06. The average Bonchev–Trinajstić information content (AvgIpc) is 2.55. The highest BCUT2D eigenvalue weighted by atomic mass is 35.5. The highest BCUT2D eigenvalue weighted by molar-refractivity contribution is 6.31. The maximum atomic E-state index is 12.7. The number of hydrogen-bond acceptors (Lipinski definition) is 3. The Kier molecular flexibility index (Phi) is 5.69. The Morgan fingerprint density at radius 3 is 2.36 bits per heavy atom. The van der Waals surface area contributed by atoms with Crippen LogP contribution in [0.25, 0.3) is 0 Å². The van der Waals surface area contributed by atoms with Crippen molar-refractivity contribution in [2.75, 3.05) is 17.7 Å². The number of ether oxygens (including phenoxy) is 1. The third kappa shape index (κ3) is 4.51. The van der Waals surface area contributed by atoms with E-state index in [2.05, 4.69) is 10.6 Å². The van der Waals surface area contributed by atoms with Crippen LogP contribution in [0.5, 0.6) is 5.75 Å². The van der Waals surface area contributed by atoms with Crippen molar-refractivity contribution in [2.24, 2.45) is 5.41 Å². The molecule has 25 heavy (non-hydrogen) atoms. The minimum Gasteiger partial charge on any atom is -0.495 e. The normalized spacial score (nSPS) is 10.9. The molecule has 2 aromatic rings. The van der Waals surface area contributed by atoms with Gasteiger partial charge in [-0.3, -0.25) is 9.59 Å². The lowest BCUT2D eigenvalue weighted by molar-refractivity contribution is -0.135. The van der Waals surface area contributed by atoms with Crippen molar-refractivity contribution < 1.29 is 14.3 Å². The molecule has 0 bridgehead atoms. The molecule has 0 aromatic heterocycles. The molecule has 0 radical (unpaired) electrons. The van der Waals surface area contributed by atoms with Gasteiger partial charge in [-0.15, -0.1) is 0 Å². The van der Waals surface area contributed by atoms with Gasteiger partial charge in [-0.25, -0.2) is 0 Å². The lowest BCUT2D eigenvalue weighted by Crippen LogP contribution is -2.41. The van der Waals surface area contributed by atoms with Crippen LogP contribution in [0.15, 0.2) is 42.5 Å². The molecule has 2 amide bonds. The topological polar surface area (TPSA) is 67.4 Å². The van der Waals surface area contributed by atoms with Crippen LogP contribution < -0.4 is 15.4 Å². The summed E-state index contributed by atoms with van der Waals surface area (Å²) in [6.07, 6.45) is 0. The highest BCUT2D eigenvalue weighted by Gasteiger charge is 2.36. The monoisotopic (exact) mass is 360 g/mol. The fourth-order valence-electron chi connectivity index (χ4n) is 2.15. The molecular formula is C19H21ClN2O3. The van der Waals surface area contributed by atoms with Crippen LogP contribution in [-0.4, -0.2) is 18.9 Å². The fourth-order valence-corrected chi connectivity index (χ4v) is 2.35. The summed E-state index contributed by atoms with van der Waals surface area (Å²) in [5, 5.41) is 5.99. The number of methoxy groups -OCH3 is 1. The van der Waals surface area contributed by atoms with Gasteiger partial charge in [0.05, 0.1) is 12.8 Å². The number of nitrogens with one attached hydrogen (secondary N) is 2. The lowest BCUT2D eigenvalue weighted by atomic mass is 9.90. The minimum absolute atomic E-state index is 0.432. The molecule has 0 saturated carbocycles. The van der Waals surface area contributed by atoms with E-state index < -0.39 is 17.2 Å². The predicted molar refractivity (Wildman–Crippen MR) is 100 cm³/mol. The van der Waals surface area contributed by atoms with Crippen molar-refractivity contribution >= 4 is 34.8 Å². The number of halogens is 1. The smallest absolute Gasteiger partial charge is 0.239 e. The zero-order chi connectivity index (χ0) is 18.6. The highest BCUT2D eigenvalue weighted by Crippen LogP contribution is 2.28. The molecule has 0 saturated heterocycles. The van der Waals surface area contributed by atoms with Crippen molar-refractivity contribution in [1.82, 2.24) is 0 Å². The molecule has 0 aliphatic rings. The van der Waals surface area contributed by atoms with Crippen LogP contribution in [0.4, 0.5) is 11.4 Å². The van der Waals surface area contributed by atoms with Gasteiger partial charge in [0.2, 0.25) is 11.8 Å². The number of aryl methyl sites for hydroxylation is 1. The second-order valence-corrected chi connectivity index (χ2v) is 6.68. The largest absolute Gasteiger partial charge is 0.495 e. The van der Waals surface area contributed by atoms with E-state index in [1.807, 2.05) is 13.0 Å². The minimum atomic E-state index is -1.29.